The molecule has 6 nitrogen and oxygen atoms in total. The molecule has 2 N–H and O–H groups in total. The van der Waals surface area contributed by atoms with Crippen LogP contribution in [0.4, 0.5) is 5.69 Å². The number of aromatic hydroxyl groups is 1. The zero-order valence-electron chi connectivity index (χ0n) is 8.06. The fourth-order valence-corrected chi connectivity index (χ4v) is 1.04. The van der Waals surface area contributed by atoms with Crippen LogP contribution in [-0.4, -0.2) is 22.5 Å². The molecule has 1 aromatic carbocycles. The summed E-state index contributed by atoms with van der Waals surface area (Å²) in [7, 11) is 0. The third-order valence-corrected chi connectivity index (χ3v) is 1.72. The second kappa shape index (κ2) is 4.41. The number of phenols is 1. The van der Waals surface area contributed by atoms with Crippen molar-refractivity contribution < 1.29 is 14.8 Å². The van der Waals surface area contributed by atoms with E-state index in [-0.39, 0.29) is 11.5 Å². The number of hydrogen-bond donors (Lipinski definition) is 2. The van der Waals surface area contributed by atoms with Crippen LogP contribution in [0.3, 0.4) is 0 Å². The van der Waals surface area contributed by atoms with Gasteiger partial charge in [0.05, 0.1) is 11.5 Å². The van der Waals surface area contributed by atoms with Crippen molar-refractivity contribution in [2.45, 2.75) is 6.92 Å². The fourth-order valence-electron chi connectivity index (χ4n) is 1.04. The van der Waals surface area contributed by atoms with Crippen LogP contribution >= 0.6 is 0 Å². The van der Waals surface area contributed by atoms with Crippen molar-refractivity contribution in [1.82, 2.24) is 0 Å². The maximum atomic E-state index is 10.5. The van der Waals surface area contributed by atoms with Gasteiger partial charge in [-0.05, 0) is 19.1 Å². The molecule has 0 fully saturated rings. The molecule has 1 aromatic rings. The Labute approximate surface area is 85.8 Å². The quantitative estimate of drug-likeness (QED) is 0.343. The third-order valence-electron chi connectivity index (χ3n) is 1.72. The molecule has 0 aromatic heterocycles. The standard InChI is InChI=1S/C9H10N2O4/c1-2-15-9(10)6-3-4-8(12)7(5-6)11(13)14/h3-5,10,12H,2H2,1H3. The van der Waals surface area contributed by atoms with Crippen molar-refractivity contribution in [3.8, 4) is 5.75 Å². The maximum Gasteiger partial charge on any atom is 0.311 e. The van der Waals surface area contributed by atoms with Crippen molar-refractivity contribution in [2.24, 2.45) is 0 Å². The van der Waals surface area contributed by atoms with Crippen LogP contribution in [0.2, 0.25) is 0 Å². The van der Waals surface area contributed by atoms with Crippen molar-refractivity contribution in [1.29, 1.82) is 5.41 Å². The molecule has 15 heavy (non-hydrogen) atoms. The van der Waals surface area contributed by atoms with E-state index in [1.54, 1.807) is 6.92 Å². The number of phenolic OH excluding ortho intramolecular Hbond substituents is 1. The number of rotatable bonds is 3. The van der Waals surface area contributed by atoms with Gasteiger partial charge in [0.2, 0.25) is 5.90 Å². The molecular weight excluding hydrogens is 200 g/mol. The summed E-state index contributed by atoms with van der Waals surface area (Å²) in [5.41, 5.74) is -0.168. The summed E-state index contributed by atoms with van der Waals surface area (Å²) in [6.45, 7) is 2.02. The van der Waals surface area contributed by atoms with Crippen LogP contribution in [0.5, 0.6) is 5.75 Å². The first-order chi connectivity index (χ1) is 7.06. The SMILES string of the molecule is CCOC(=N)c1ccc(O)c([N+](=O)[O-])c1. The van der Waals surface area contributed by atoms with Crippen molar-refractivity contribution in [2.75, 3.05) is 6.61 Å². The van der Waals surface area contributed by atoms with E-state index in [4.69, 9.17) is 15.3 Å². The Morgan fingerprint density at radius 1 is 1.67 bits per heavy atom. The molecule has 0 radical (unpaired) electrons. The molecule has 0 atom stereocenters. The van der Waals surface area contributed by atoms with Crippen molar-refractivity contribution in [3.63, 3.8) is 0 Å². The van der Waals surface area contributed by atoms with Crippen LogP contribution in [0, 0.1) is 15.5 Å². The van der Waals surface area contributed by atoms with Gasteiger partial charge in [-0.15, -0.1) is 0 Å². The first-order valence-electron chi connectivity index (χ1n) is 4.25. The molecule has 6 heteroatoms. The van der Waals surface area contributed by atoms with Crippen LogP contribution in [0.1, 0.15) is 12.5 Å². The number of ether oxygens (including phenoxy) is 1. The summed E-state index contributed by atoms with van der Waals surface area (Å²) < 4.78 is 4.88. The summed E-state index contributed by atoms with van der Waals surface area (Å²) in [5.74, 6) is -0.575. The second-order valence-corrected chi connectivity index (χ2v) is 2.72. The molecule has 0 heterocycles. The molecule has 0 unspecified atom stereocenters. The highest BCUT2D eigenvalue weighted by Crippen LogP contribution is 2.26. The third kappa shape index (κ3) is 2.43. The Morgan fingerprint density at radius 2 is 2.33 bits per heavy atom. The lowest BCUT2D eigenvalue weighted by Crippen LogP contribution is -2.05. The summed E-state index contributed by atoms with van der Waals surface area (Å²) >= 11 is 0. The monoisotopic (exact) mass is 210 g/mol. The number of hydrogen-bond acceptors (Lipinski definition) is 5. The lowest BCUT2D eigenvalue weighted by molar-refractivity contribution is -0.385. The minimum Gasteiger partial charge on any atom is -0.502 e. The Kier molecular flexibility index (Phi) is 3.22. The average Bonchev–Trinajstić information content (AvgIpc) is 2.18. The molecule has 0 bridgehead atoms. The van der Waals surface area contributed by atoms with E-state index in [1.807, 2.05) is 0 Å². The molecule has 0 aliphatic heterocycles. The van der Waals surface area contributed by atoms with Crippen molar-refractivity contribution in [3.05, 3.63) is 33.9 Å². The Bertz CT molecular complexity index is 403. The van der Waals surface area contributed by atoms with Gasteiger partial charge in [0.25, 0.3) is 0 Å². The van der Waals surface area contributed by atoms with Gasteiger partial charge in [0, 0.05) is 11.6 Å². The van der Waals surface area contributed by atoms with E-state index < -0.39 is 16.4 Å². The van der Waals surface area contributed by atoms with Gasteiger partial charge in [-0.3, -0.25) is 15.5 Å². The topological polar surface area (TPSA) is 96.5 Å². The van der Waals surface area contributed by atoms with Gasteiger partial charge in [-0.25, -0.2) is 0 Å². The fraction of sp³-hybridized carbons (Fsp3) is 0.222. The predicted molar refractivity (Wildman–Crippen MR) is 53.2 cm³/mol. The Morgan fingerprint density at radius 3 is 2.87 bits per heavy atom. The first-order valence-corrected chi connectivity index (χ1v) is 4.25. The summed E-state index contributed by atoms with van der Waals surface area (Å²) in [5, 5.41) is 27.1. The number of nitrogens with zero attached hydrogens (tertiary/aromatic N) is 1. The molecule has 0 saturated carbocycles. The van der Waals surface area contributed by atoms with E-state index in [2.05, 4.69) is 0 Å². The summed E-state index contributed by atoms with van der Waals surface area (Å²) in [6, 6.07) is 3.66. The minimum absolute atomic E-state index is 0.152. The normalized spacial score (nSPS) is 9.67. The maximum absolute atomic E-state index is 10.5. The molecule has 0 amide bonds. The van der Waals surface area contributed by atoms with Crippen LogP contribution in [0.15, 0.2) is 18.2 Å². The Balaban J connectivity index is 3.07. The van der Waals surface area contributed by atoms with Gasteiger partial charge in [-0.1, -0.05) is 0 Å². The Hall–Kier alpha value is -2.11. The number of nitro groups is 1. The minimum atomic E-state index is -0.710. The lowest BCUT2D eigenvalue weighted by Gasteiger charge is -2.04. The molecule has 0 saturated heterocycles. The molecule has 0 spiro atoms. The van der Waals surface area contributed by atoms with E-state index in [0.29, 0.717) is 6.61 Å². The highest BCUT2D eigenvalue weighted by atomic mass is 16.6. The van der Waals surface area contributed by atoms with Crippen LogP contribution < -0.4 is 0 Å². The van der Waals surface area contributed by atoms with Crippen LogP contribution in [-0.2, 0) is 4.74 Å². The van der Waals surface area contributed by atoms with Gasteiger partial charge in [-0.2, -0.15) is 0 Å². The van der Waals surface area contributed by atoms with E-state index >= 15 is 0 Å². The lowest BCUT2D eigenvalue weighted by atomic mass is 10.2. The van der Waals surface area contributed by atoms with Gasteiger partial charge in [0.1, 0.15) is 0 Å². The average molecular weight is 210 g/mol. The van der Waals surface area contributed by atoms with E-state index in [1.165, 1.54) is 12.1 Å². The zero-order chi connectivity index (χ0) is 11.4. The van der Waals surface area contributed by atoms with Gasteiger partial charge in [0.15, 0.2) is 5.75 Å². The second-order valence-electron chi connectivity index (χ2n) is 2.72. The molecular formula is C9H10N2O4. The largest absolute Gasteiger partial charge is 0.502 e. The zero-order valence-corrected chi connectivity index (χ0v) is 8.06. The molecule has 0 aliphatic carbocycles. The van der Waals surface area contributed by atoms with Gasteiger partial charge < -0.3 is 9.84 Å². The van der Waals surface area contributed by atoms with Gasteiger partial charge >= 0.3 is 5.69 Å². The first kappa shape index (κ1) is 11.0. The van der Waals surface area contributed by atoms with Crippen LogP contribution in [0.25, 0.3) is 0 Å². The summed E-state index contributed by atoms with van der Waals surface area (Å²) in [6.07, 6.45) is 0. The van der Waals surface area contributed by atoms with E-state index in [9.17, 15) is 10.1 Å². The number of nitro benzene ring substituents is 1. The van der Waals surface area contributed by atoms with E-state index in [0.717, 1.165) is 6.07 Å². The molecule has 1 rings (SSSR count). The highest BCUT2D eigenvalue weighted by Gasteiger charge is 2.15. The smallest absolute Gasteiger partial charge is 0.311 e. The summed E-state index contributed by atoms with van der Waals surface area (Å²) in [4.78, 5) is 9.78. The highest BCUT2D eigenvalue weighted by molar-refractivity contribution is 5.92. The number of nitrogens with one attached hydrogen (secondary N) is 1. The number of benzene rings is 1. The molecule has 80 valence electrons. The molecule has 0 aliphatic rings. The van der Waals surface area contributed by atoms with Crippen molar-refractivity contribution >= 4 is 11.6 Å². The predicted octanol–water partition coefficient (Wildman–Crippen LogP) is 1.66.